The Morgan fingerprint density at radius 1 is 1.00 bits per heavy atom. The topological polar surface area (TPSA) is 82.6 Å². The summed E-state index contributed by atoms with van der Waals surface area (Å²) in [6.07, 6.45) is 0. The third-order valence-corrected chi connectivity index (χ3v) is 4.59. The lowest BCUT2D eigenvalue weighted by atomic mass is 10.1. The summed E-state index contributed by atoms with van der Waals surface area (Å²) in [5.74, 6) is 3.74. The molecular formula is C23H31N3O5. The molecule has 0 unspecified atom stereocenters. The molecule has 0 atom stereocenters. The zero-order valence-corrected chi connectivity index (χ0v) is 18.4. The lowest BCUT2D eigenvalue weighted by Gasteiger charge is -2.16. The van der Waals surface area contributed by atoms with Crippen molar-refractivity contribution >= 4 is 5.96 Å². The predicted molar refractivity (Wildman–Crippen MR) is 119 cm³/mol. The first-order valence-corrected chi connectivity index (χ1v) is 10.5. The van der Waals surface area contributed by atoms with Gasteiger partial charge >= 0.3 is 0 Å². The molecule has 8 heteroatoms. The van der Waals surface area contributed by atoms with Gasteiger partial charge in [-0.15, -0.1) is 0 Å². The molecule has 2 aromatic rings. The maximum absolute atomic E-state index is 5.90. The minimum absolute atomic E-state index is 0.253. The van der Waals surface area contributed by atoms with Crippen molar-refractivity contribution < 1.29 is 23.7 Å². The van der Waals surface area contributed by atoms with Gasteiger partial charge in [-0.3, -0.25) is 4.99 Å². The third-order valence-electron chi connectivity index (χ3n) is 4.59. The summed E-state index contributed by atoms with van der Waals surface area (Å²) >= 11 is 0. The molecule has 1 aliphatic rings. The Hall–Kier alpha value is -3.13. The summed E-state index contributed by atoms with van der Waals surface area (Å²) < 4.78 is 27.7. The van der Waals surface area contributed by atoms with Crippen LogP contribution in [0.5, 0.6) is 23.0 Å². The minimum Gasteiger partial charge on any atom is -0.492 e. The number of rotatable bonds is 11. The fourth-order valence-corrected chi connectivity index (χ4v) is 3.00. The summed E-state index contributed by atoms with van der Waals surface area (Å²) in [4.78, 5) is 4.27. The molecule has 0 saturated carbocycles. The van der Waals surface area contributed by atoms with Crippen LogP contribution in [0.25, 0.3) is 0 Å². The van der Waals surface area contributed by atoms with Crippen LogP contribution >= 0.6 is 0 Å². The van der Waals surface area contributed by atoms with E-state index in [2.05, 4.69) is 27.8 Å². The molecule has 0 aliphatic carbocycles. The van der Waals surface area contributed by atoms with Crippen LogP contribution < -0.4 is 29.6 Å². The van der Waals surface area contributed by atoms with Gasteiger partial charge in [-0.25, -0.2) is 0 Å². The van der Waals surface area contributed by atoms with E-state index in [0.29, 0.717) is 51.2 Å². The molecule has 168 valence electrons. The number of nitrogens with zero attached hydrogens (tertiary/aromatic N) is 1. The van der Waals surface area contributed by atoms with Crippen LogP contribution in [0.1, 0.15) is 18.1 Å². The summed E-state index contributed by atoms with van der Waals surface area (Å²) in [5.41, 5.74) is 2.21. The Morgan fingerprint density at radius 3 is 2.71 bits per heavy atom. The van der Waals surface area contributed by atoms with E-state index < -0.39 is 0 Å². The van der Waals surface area contributed by atoms with Gasteiger partial charge in [0.25, 0.3) is 0 Å². The van der Waals surface area contributed by atoms with Crippen molar-refractivity contribution in [1.29, 1.82) is 0 Å². The van der Waals surface area contributed by atoms with Crippen LogP contribution in [-0.4, -0.2) is 52.8 Å². The molecule has 2 aromatic carbocycles. The minimum atomic E-state index is 0.253. The molecule has 8 nitrogen and oxygen atoms in total. The van der Waals surface area contributed by atoms with Gasteiger partial charge < -0.3 is 34.3 Å². The second-order valence-corrected chi connectivity index (χ2v) is 6.87. The van der Waals surface area contributed by atoms with Crippen molar-refractivity contribution in [2.75, 3.05) is 46.8 Å². The Labute approximate surface area is 183 Å². The average molecular weight is 430 g/mol. The molecule has 0 amide bonds. The van der Waals surface area contributed by atoms with Crippen LogP contribution in [0.3, 0.4) is 0 Å². The largest absolute Gasteiger partial charge is 0.492 e. The molecule has 0 aromatic heterocycles. The van der Waals surface area contributed by atoms with Gasteiger partial charge in [0, 0.05) is 31.8 Å². The molecule has 0 radical (unpaired) electrons. The van der Waals surface area contributed by atoms with Gasteiger partial charge in [0.15, 0.2) is 17.5 Å². The molecule has 0 spiro atoms. The molecule has 1 heterocycles. The number of hydrogen-bond donors (Lipinski definition) is 2. The van der Waals surface area contributed by atoms with E-state index in [1.807, 2.05) is 38.1 Å². The van der Waals surface area contributed by atoms with Crippen molar-refractivity contribution in [3.05, 3.63) is 47.5 Å². The fourth-order valence-electron chi connectivity index (χ4n) is 3.00. The number of ether oxygens (including phenoxy) is 5. The van der Waals surface area contributed by atoms with Crippen LogP contribution in [0.15, 0.2) is 41.4 Å². The number of hydrogen-bond acceptors (Lipinski definition) is 6. The third kappa shape index (κ3) is 6.96. The van der Waals surface area contributed by atoms with Crippen molar-refractivity contribution in [1.82, 2.24) is 10.6 Å². The van der Waals surface area contributed by atoms with Gasteiger partial charge in [0.2, 0.25) is 6.79 Å². The smallest absolute Gasteiger partial charge is 0.231 e. The quantitative estimate of drug-likeness (QED) is 0.323. The van der Waals surface area contributed by atoms with Crippen LogP contribution in [0.4, 0.5) is 0 Å². The van der Waals surface area contributed by atoms with Gasteiger partial charge in [-0.05, 0) is 37.6 Å². The molecule has 3 rings (SSSR count). The van der Waals surface area contributed by atoms with E-state index >= 15 is 0 Å². The van der Waals surface area contributed by atoms with Gasteiger partial charge in [0.05, 0.1) is 13.2 Å². The number of aryl methyl sites for hydroxylation is 1. The monoisotopic (exact) mass is 429 g/mol. The Balaban J connectivity index is 1.43. The lowest BCUT2D eigenvalue weighted by molar-refractivity contribution is 0.110. The highest BCUT2D eigenvalue weighted by Gasteiger charge is 2.13. The van der Waals surface area contributed by atoms with Gasteiger partial charge in [-0.1, -0.05) is 12.1 Å². The molecule has 1 aliphatic heterocycles. The Bertz CT molecular complexity index is 872. The molecule has 31 heavy (non-hydrogen) atoms. The van der Waals surface area contributed by atoms with Crippen molar-refractivity contribution in [3.63, 3.8) is 0 Å². The highest BCUT2D eigenvalue weighted by atomic mass is 16.7. The van der Waals surface area contributed by atoms with E-state index in [9.17, 15) is 0 Å². The lowest BCUT2D eigenvalue weighted by Crippen LogP contribution is -2.39. The van der Waals surface area contributed by atoms with E-state index in [4.69, 9.17) is 23.7 Å². The number of guanidine groups is 1. The predicted octanol–water partition coefficient (Wildman–Crippen LogP) is 2.88. The van der Waals surface area contributed by atoms with Crippen molar-refractivity contribution in [3.8, 4) is 23.0 Å². The zero-order chi connectivity index (χ0) is 21.9. The van der Waals surface area contributed by atoms with Crippen molar-refractivity contribution in [2.24, 2.45) is 4.99 Å². The first kappa shape index (κ1) is 22.6. The average Bonchev–Trinajstić information content (AvgIpc) is 3.25. The molecule has 0 bridgehead atoms. The maximum Gasteiger partial charge on any atom is 0.231 e. The highest BCUT2D eigenvalue weighted by molar-refractivity contribution is 5.79. The summed E-state index contributed by atoms with van der Waals surface area (Å²) in [7, 11) is 1.74. The Morgan fingerprint density at radius 2 is 1.87 bits per heavy atom. The van der Waals surface area contributed by atoms with Crippen LogP contribution in [0.2, 0.25) is 0 Å². The van der Waals surface area contributed by atoms with E-state index in [1.165, 1.54) is 0 Å². The first-order chi connectivity index (χ1) is 15.2. The second-order valence-electron chi connectivity index (χ2n) is 6.87. The van der Waals surface area contributed by atoms with E-state index in [1.54, 1.807) is 7.05 Å². The maximum atomic E-state index is 5.90. The van der Waals surface area contributed by atoms with Crippen LogP contribution in [0, 0.1) is 6.92 Å². The number of benzene rings is 2. The van der Waals surface area contributed by atoms with E-state index in [0.717, 1.165) is 28.4 Å². The normalized spacial score (nSPS) is 12.5. The van der Waals surface area contributed by atoms with Gasteiger partial charge in [-0.2, -0.15) is 0 Å². The SMILES string of the molecule is CCOCCOc1cc(C)ccc1CNC(=NC)NCCOc1ccc2c(c1)OCO2. The number of aliphatic imine (C=N–C) groups is 1. The fraction of sp³-hybridized carbons (Fsp3) is 0.435. The number of nitrogens with one attached hydrogen (secondary N) is 2. The van der Waals surface area contributed by atoms with Crippen molar-refractivity contribution in [2.45, 2.75) is 20.4 Å². The molecular weight excluding hydrogens is 398 g/mol. The van der Waals surface area contributed by atoms with Crippen LogP contribution in [-0.2, 0) is 11.3 Å². The summed E-state index contributed by atoms with van der Waals surface area (Å²) in [6, 6.07) is 11.7. The van der Waals surface area contributed by atoms with Gasteiger partial charge in [0.1, 0.15) is 24.7 Å². The summed E-state index contributed by atoms with van der Waals surface area (Å²) in [6.45, 7) is 7.73. The first-order valence-electron chi connectivity index (χ1n) is 10.5. The summed E-state index contributed by atoms with van der Waals surface area (Å²) in [5, 5.41) is 6.57. The zero-order valence-electron chi connectivity index (χ0n) is 18.4. The highest BCUT2D eigenvalue weighted by Crippen LogP contribution is 2.34. The number of fused-ring (bicyclic) bond motifs is 1. The molecule has 0 fully saturated rings. The molecule has 2 N–H and O–H groups in total. The molecule has 0 saturated heterocycles. The van der Waals surface area contributed by atoms with E-state index in [-0.39, 0.29) is 6.79 Å². The standard InChI is InChI=1S/C23H31N3O5/c1-4-27-11-12-29-21-13-17(2)5-6-18(21)15-26-23(24-3)25-9-10-28-19-7-8-20-22(14-19)31-16-30-20/h5-8,13-14H,4,9-12,15-16H2,1-3H3,(H2,24,25,26). The second kappa shape index (κ2) is 11.9. The Kier molecular flexibility index (Phi) is 8.66.